The summed E-state index contributed by atoms with van der Waals surface area (Å²) >= 11 is 0. The summed E-state index contributed by atoms with van der Waals surface area (Å²) in [5, 5.41) is 0. The van der Waals surface area contributed by atoms with Crippen LogP contribution < -0.4 is 10.5 Å². The van der Waals surface area contributed by atoms with Gasteiger partial charge in [0.25, 0.3) is 10.0 Å². The lowest BCUT2D eigenvalue weighted by atomic mass is 9.97. The standard InChI is InChI=1S/C17H22N2O4S/c1-2-3-7-14(20)17(8-9-17)11-23-13-6-4-5-12-10-24(21,22)19-16(18)15(12)13/h4-6H,2-3,7-11H2,1H3,(H2,18,19). The highest BCUT2D eigenvalue weighted by atomic mass is 32.2. The highest BCUT2D eigenvalue weighted by Crippen LogP contribution is 2.48. The van der Waals surface area contributed by atoms with Crippen LogP contribution in [0.15, 0.2) is 22.6 Å². The smallest absolute Gasteiger partial charge is 0.259 e. The summed E-state index contributed by atoms with van der Waals surface area (Å²) in [7, 11) is -3.56. The predicted molar refractivity (Wildman–Crippen MR) is 91.5 cm³/mol. The summed E-state index contributed by atoms with van der Waals surface area (Å²) in [5.74, 6) is 0.534. The maximum atomic E-state index is 12.3. The molecule has 1 aromatic rings. The number of nitrogens with zero attached hydrogens (tertiary/aromatic N) is 1. The fraction of sp³-hybridized carbons (Fsp3) is 0.529. The topological polar surface area (TPSA) is 98.8 Å². The van der Waals surface area contributed by atoms with Crippen LogP contribution in [0.5, 0.6) is 5.75 Å². The molecule has 1 aromatic carbocycles. The first-order valence-corrected chi connectivity index (χ1v) is 9.84. The maximum absolute atomic E-state index is 12.3. The van der Waals surface area contributed by atoms with E-state index in [9.17, 15) is 13.2 Å². The van der Waals surface area contributed by atoms with Crippen molar-refractivity contribution >= 4 is 21.6 Å². The quantitative estimate of drug-likeness (QED) is 0.812. The Hall–Kier alpha value is -1.89. The number of carbonyl (C=O) groups excluding carboxylic acids is 1. The third kappa shape index (κ3) is 3.31. The number of benzene rings is 1. The Balaban J connectivity index is 1.77. The van der Waals surface area contributed by atoms with Crippen LogP contribution in [0.1, 0.15) is 50.2 Å². The number of ether oxygens (including phenoxy) is 1. The third-order valence-electron chi connectivity index (χ3n) is 4.65. The maximum Gasteiger partial charge on any atom is 0.259 e. The van der Waals surface area contributed by atoms with E-state index < -0.39 is 10.0 Å². The molecule has 0 atom stereocenters. The lowest BCUT2D eigenvalue weighted by Crippen LogP contribution is -2.27. The van der Waals surface area contributed by atoms with E-state index >= 15 is 0 Å². The van der Waals surface area contributed by atoms with Crippen LogP contribution in [0.25, 0.3) is 0 Å². The van der Waals surface area contributed by atoms with Crippen LogP contribution in [0.2, 0.25) is 0 Å². The summed E-state index contributed by atoms with van der Waals surface area (Å²) in [4.78, 5) is 12.3. The molecule has 2 aliphatic rings. The molecule has 24 heavy (non-hydrogen) atoms. The highest BCUT2D eigenvalue weighted by Gasteiger charge is 2.49. The monoisotopic (exact) mass is 350 g/mol. The van der Waals surface area contributed by atoms with Gasteiger partial charge in [0.05, 0.1) is 16.7 Å². The predicted octanol–water partition coefficient (Wildman–Crippen LogP) is 2.15. The van der Waals surface area contributed by atoms with Gasteiger partial charge in [0.2, 0.25) is 0 Å². The van der Waals surface area contributed by atoms with E-state index in [2.05, 4.69) is 11.3 Å². The van der Waals surface area contributed by atoms with Gasteiger partial charge in [-0.1, -0.05) is 25.5 Å². The third-order valence-corrected chi connectivity index (χ3v) is 5.80. The minimum atomic E-state index is -3.56. The van der Waals surface area contributed by atoms with Gasteiger partial charge < -0.3 is 10.5 Å². The summed E-state index contributed by atoms with van der Waals surface area (Å²) in [6.07, 6.45) is 4.19. The molecule has 0 unspecified atom stereocenters. The number of hydrogen-bond acceptors (Lipinski definition) is 5. The van der Waals surface area contributed by atoms with Crippen LogP contribution >= 0.6 is 0 Å². The van der Waals surface area contributed by atoms with Crippen molar-refractivity contribution in [3.8, 4) is 5.75 Å². The number of fused-ring (bicyclic) bond motifs is 1. The van der Waals surface area contributed by atoms with Crippen molar-refractivity contribution in [2.24, 2.45) is 15.5 Å². The van der Waals surface area contributed by atoms with Crippen molar-refractivity contribution in [1.29, 1.82) is 0 Å². The molecule has 1 saturated carbocycles. The Kier molecular flexibility index (Phi) is 4.38. The van der Waals surface area contributed by atoms with Gasteiger partial charge >= 0.3 is 0 Å². The van der Waals surface area contributed by atoms with E-state index in [1.165, 1.54) is 0 Å². The first kappa shape index (κ1) is 17.0. The summed E-state index contributed by atoms with van der Waals surface area (Å²) in [6, 6.07) is 5.19. The van der Waals surface area contributed by atoms with Gasteiger partial charge in [-0.15, -0.1) is 4.40 Å². The molecule has 1 aliphatic heterocycles. The van der Waals surface area contributed by atoms with Gasteiger partial charge in [-0.25, -0.2) is 8.42 Å². The molecule has 1 heterocycles. The van der Waals surface area contributed by atoms with Crippen LogP contribution in [0.4, 0.5) is 0 Å². The number of carbonyl (C=O) groups is 1. The fourth-order valence-electron chi connectivity index (χ4n) is 3.01. The van der Waals surface area contributed by atoms with E-state index in [1.807, 2.05) is 0 Å². The van der Waals surface area contributed by atoms with Crippen LogP contribution in [0.3, 0.4) is 0 Å². The van der Waals surface area contributed by atoms with Gasteiger partial charge in [-0.05, 0) is 30.9 Å². The number of unbranched alkanes of at least 4 members (excludes halogenated alkanes) is 1. The molecule has 6 nitrogen and oxygen atoms in total. The molecule has 0 amide bonds. The Morgan fingerprint density at radius 3 is 2.79 bits per heavy atom. The molecule has 0 bridgehead atoms. The second kappa shape index (κ2) is 6.20. The van der Waals surface area contributed by atoms with E-state index in [0.717, 1.165) is 25.7 Å². The van der Waals surface area contributed by atoms with Gasteiger partial charge in [0.15, 0.2) is 0 Å². The molecule has 2 N–H and O–H groups in total. The number of rotatable bonds is 7. The SMILES string of the molecule is CCCCC(=O)C1(COc2cccc3c2C(N)=NS(=O)(=O)C3)CC1. The Morgan fingerprint density at radius 1 is 1.38 bits per heavy atom. The van der Waals surface area contributed by atoms with Crippen molar-refractivity contribution in [1.82, 2.24) is 0 Å². The van der Waals surface area contributed by atoms with E-state index in [4.69, 9.17) is 10.5 Å². The minimum absolute atomic E-state index is 0.0472. The zero-order chi connectivity index (χ0) is 17.4. The zero-order valence-corrected chi connectivity index (χ0v) is 14.6. The first-order chi connectivity index (χ1) is 11.4. The Bertz CT molecular complexity index is 795. The molecule has 130 valence electrons. The molecule has 0 radical (unpaired) electrons. The van der Waals surface area contributed by atoms with Gasteiger partial charge in [-0.2, -0.15) is 0 Å². The van der Waals surface area contributed by atoms with Gasteiger partial charge in [0.1, 0.15) is 24.0 Å². The summed E-state index contributed by atoms with van der Waals surface area (Å²) in [5.41, 5.74) is 6.57. The van der Waals surface area contributed by atoms with Crippen LogP contribution in [-0.4, -0.2) is 26.6 Å². The number of sulfonamides is 1. The minimum Gasteiger partial charge on any atom is -0.492 e. The molecule has 0 saturated heterocycles. The number of amidine groups is 1. The lowest BCUT2D eigenvalue weighted by molar-refractivity contribution is -0.125. The molecule has 1 fully saturated rings. The Labute approximate surface area is 142 Å². The Morgan fingerprint density at radius 2 is 2.12 bits per heavy atom. The second-order valence-corrected chi connectivity index (χ2v) is 8.22. The average molecular weight is 350 g/mol. The van der Waals surface area contributed by atoms with Crippen molar-refractivity contribution in [3.63, 3.8) is 0 Å². The molecule has 0 spiro atoms. The first-order valence-electron chi connectivity index (χ1n) is 8.23. The second-order valence-electron chi connectivity index (χ2n) is 6.59. The molecule has 3 rings (SSSR count). The average Bonchev–Trinajstić information content (AvgIpc) is 3.30. The van der Waals surface area contributed by atoms with Crippen molar-refractivity contribution in [3.05, 3.63) is 29.3 Å². The number of nitrogens with two attached hydrogens (primary N) is 1. The zero-order valence-electron chi connectivity index (χ0n) is 13.7. The molecule has 7 heteroatoms. The highest BCUT2D eigenvalue weighted by molar-refractivity contribution is 7.89. The summed E-state index contributed by atoms with van der Waals surface area (Å²) < 4.78 is 32.9. The lowest BCUT2D eigenvalue weighted by Gasteiger charge is -2.20. The van der Waals surface area contributed by atoms with Crippen molar-refractivity contribution in [2.45, 2.75) is 44.8 Å². The molecule has 0 aromatic heterocycles. The molecular weight excluding hydrogens is 328 g/mol. The number of hydrogen-bond donors (Lipinski definition) is 1. The van der Waals surface area contributed by atoms with E-state index in [0.29, 0.717) is 29.9 Å². The number of Topliss-reactive ketones (excluding diaryl/α,β-unsaturated/α-hetero) is 1. The van der Waals surface area contributed by atoms with Crippen LogP contribution in [0, 0.1) is 5.41 Å². The van der Waals surface area contributed by atoms with Gasteiger partial charge in [0, 0.05) is 6.42 Å². The summed E-state index contributed by atoms with van der Waals surface area (Å²) in [6.45, 7) is 2.38. The fourth-order valence-corrected chi connectivity index (χ4v) is 4.09. The van der Waals surface area contributed by atoms with Gasteiger partial charge in [-0.3, -0.25) is 4.79 Å². The number of ketones is 1. The largest absolute Gasteiger partial charge is 0.492 e. The van der Waals surface area contributed by atoms with Crippen molar-refractivity contribution in [2.75, 3.05) is 6.61 Å². The van der Waals surface area contributed by atoms with E-state index in [-0.39, 0.29) is 22.8 Å². The molecular formula is C17H22N2O4S. The van der Waals surface area contributed by atoms with E-state index in [1.54, 1.807) is 18.2 Å². The molecule has 1 aliphatic carbocycles. The van der Waals surface area contributed by atoms with Crippen LogP contribution in [-0.2, 0) is 20.6 Å². The van der Waals surface area contributed by atoms with Crippen molar-refractivity contribution < 1.29 is 17.9 Å². The normalized spacial score (nSPS) is 20.0.